The van der Waals surface area contributed by atoms with Crippen molar-refractivity contribution in [1.29, 1.82) is 0 Å². The minimum atomic E-state index is -4.62. The maximum Gasteiger partial charge on any atom is 0.295 e. The van der Waals surface area contributed by atoms with Gasteiger partial charge < -0.3 is 0 Å². The molecule has 0 bridgehead atoms. The molecule has 7 heteroatoms. The summed E-state index contributed by atoms with van der Waals surface area (Å²) in [5.74, 6) is 0. The average molecular weight is 297 g/mol. The van der Waals surface area contributed by atoms with Crippen LogP contribution in [0.2, 0.25) is 0 Å². The second-order valence-electron chi connectivity index (χ2n) is 3.65. The Hall–Kier alpha value is -1.70. The van der Waals surface area contributed by atoms with Crippen molar-refractivity contribution in [3.63, 3.8) is 0 Å². The van der Waals surface area contributed by atoms with Gasteiger partial charge in [-0.05, 0) is 18.2 Å². The molecule has 5 nitrogen and oxygen atoms in total. The maximum atomic E-state index is 12.3. The van der Waals surface area contributed by atoms with E-state index in [9.17, 15) is 16.8 Å². The van der Waals surface area contributed by atoms with Crippen LogP contribution in [0.4, 0.5) is 0 Å². The molecule has 2 rings (SSSR count). The number of rotatable bonds is 3. The minimum Gasteiger partial charge on any atom is -0.282 e. The first-order valence-electron chi connectivity index (χ1n) is 5.12. The lowest BCUT2D eigenvalue weighted by molar-refractivity contribution is 0.480. The molecule has 0 unspecified atom stereocenters. The molecule has 2 aromatic carbocycles. The molecular formula is C12H9O5S2. The van der Waals surface area contributed by atoms with Crippen LogP contribution in [0.5, 0.6) is 0 Å². The zero-order valence-electron chi connectivity index (χ0n) is 9.52. The molecule has 0 aliphatic heterocycles. The van der Waals surface area contributed by atoms with E-state index in [2.05, 4.69) is 6.07 Å². The monoisotopic (exact) mass is 297 g/mol. The number of benzene rings is 2. The standard InChI is InChI=1S/C12H9O5S2/c13-18(14,10-6-2-1-3-7-10)11-8-4-5-9-12(11)19(15,16)17/h1-6,8-9H,(H,15,16,17). The Bertz CT molecular complexity index is 793. The van der Waals surface area contributed by atoms with Gasteiger partial charge in [0.1, 0.15) is 4.90 Å². The predicted octanol–water partition coefficient (Wildman–Crippen LogP) is 1.57. The third kappa shape index (κ3) is 2.67. The molecule has 1 N–H and O–H groups in total. The second kappa shape index (κ2) is 4.76. The van der Waals surface area contributed by atoms with E-state index in [1.54, 1.807) is 6.07 Å². The molecule has 1 radical (unpaired) electrons. The van der Waals surface area contributed by atoms with E-state index < -0.39 is 29.7 Å². The molecule has 0 aromatic heterocycles. The highest BCUT2D eigenvalue weighted by Gasteiger charge is 2.26. The topological polar surface area (TPSA) is 88.5 Å². The Morgan fingerprint density at radius 1 is 0.842 bits per heavy atom. The summed E-state index contributed by atoms with van der Waals surface area (Å²) in [7, 11) is -8.67. The molecule has 19 heavy (non-hydrogen) atoms. The fourth-order valence-electron chi connectivity index (χ4n) is 1.55. The molecule has 0 aliphatic rings. The van der Waals surface area contributed by atoms with Crippen LogP contribution in [0.1, 0.15) is 0 Å². The van der Waals surface area contributed by atoms with Gasteiger partial charge in [0.2, 0.25) is 9.84 Å². The van der Waals surface area contributed by atoms with E-state index in [4.69, 9.17) is 4.55 Å². The van der Waals surface area contributed by atoms with Crippen LogP contribution < -0.4 is 0 Å². The Labute approximate surface area is 111 Å². The Balaban J connectivity index is 2.74. The van der Waals surface area contributed by atoms with Crippen LogP contribution in [0.25, 0.3) is 0 Å². The largest absolute Gasteiger partial charge is 0.295 e. The van der Waals surface area contributed by atoms with E-state index in [0.29, 0.717) is 0 Å². The summed E-state index contributed by atoms with van der Waals surface area (Å²) in [6.07, 6.45) is 0. The molecule has 0 saturated carbocycles. The van der Waals surface area contributed by atoms with Crippen molar-refractivity contribution in [1.82, 2.24) is 0 Å². The molecule has 0 amide bonds. The van der Waals surface area contributed by atoms with Gasteiger partial charge in [0.05, 0.1) is 9.79 Å². The highest BCUT2D eigenvalue weighted by atomic mass is 32.2. The lowest BCUT2D eigenvalue weighted by Gasteiger charge is -2.07. The van der Waals surface area contributed by atoms with Gasteiger partial charge in [-0.25, -0.2) is 8.42 Å². The predicted molar refractivity (Wildman–Crippen MR) is 67.0 cm³/mol. The van der Waals surface area contributed by atoms with Gasteiger partial charge in [0.15, 0.2) is 0 Å². The second-order valence-corrected chi connectivity index (χ2v) is 6.93. The molecule has 0 aliphatic carbocycles. The van der Waals surface area contributed by atoms with Crippen LogP contribution in [-0.2, 0) is 20.0 Å². The smallest absolute Gasteiger partial charge is 0.282 e. The molecule has 0 fully saturated rings. The average Bonchev–Trinajstić information content (AvgIpc) is 2.39. The van der Waals surface area contributed by atoms with Crippen LogP contribution in [0, 0.1) is 6.07 Å². The Morgan fingerprint density at radius 2 is 1.42 bits per heavy atom. The fraction of sp³-hybridized carbons (Fsp3) is 0. The van der Waals surface area contributed by atoms with Gasteiger partial charge in [-0.1, -0.05) is 30.3 Å². The van der Waals surface area contributed by atoms with E-state index in [0.717, 1.165) is 12.1 Å². The van der Waals surface area contributed by atoms with Crippen molar-refractivity contribution in [2.24, 2.45) is 0 Å². The third-order valence-corrected chi connectivity index (χ3v) is 5.20. The zero-order chi connectivity index (χ0) is 14.1. The lowest BCUT2D eigenvalue weighted by Crippen LogP contribution is -2.09. The summed E-state index contributed by atoms with van der Waals surface area (Å²) < 4.78 is 56.1. The van der Waals surface area contributed by atoms with Crippen LogP contribution in [-0.4, -0.2) is 21.4 Å². The summed E-state index contributed by atoms with van der Waals surface area (Å²) in [5.41, 5.74) is 0. The number of hydrogen-bond acceptors (Lipinski definition) is 4. The van der Waals surface area contributed by atoms with Crippen molar-refractivity contribution < 1.29 is 21.4 Å². The molecule has 0 spiro atoms. The summed E-state index contributed by atoms with van der Waals surface area (Å²) in [6.45, 7) is 0. The molecular weight excluding hydrogens is 288 g/mol. The van der Waals surface area contributed by atoms with Crippen LogP contribution >= 0.6 is 0 Å². The normalized spacial score (nSPS) is 12.3. The first kappa shape index (κ1) is 13.7. The first-order chi connectivity index (χ1) is 8.83. The lowest BCUT2D eigenvalue weighted by atomic mass is 10.4. The third-order valence-electron chi connectivity index (χ3n) is 2.39. The molecule has 2 aromatic rings. The number of hydrogen-bond donors (Lipinski definition) is 1. The summed E-state index contributed by atoms with van der Waals surface area (Å²) in [6, 6.07) is 13.2. The first-order valence-corrected chi connectivity index (χ1v) is 8.04. The van der Waals surface area contributed by atoms with Crippen molar-refractivity contribution in [3.05, 3.63) is 54.6 Å². The summed E-state index contributed by atoms with van der Waals surface area (Å²) in [4.78, 5) is -1.28. The summed E-state index contributed by atoms with van der Waals surface area (Å²) in [5, 5.41) is 0. The maximum absolute atomic E-state index is 12.3. The Morgan fingerprint density at radius 3 is 1.95 bits per heavy atom. The molecule has 0 saturated heterocycles. The van der Waals surface area contributed by atoms with Gasteiger partial charge in [0, 0.05) is 6.07 Å². The molecule has 99 valence electrons. The highest BCUT2D eigenvalue weighted by molar-refractivity contribution is 7.92. The summed E-state index contributed by atoms with van der Waals surface area (Å²) >= 11 is 0. The van der Waals surface area contributed by atoms with Crippen LogP contribution in [0.3, 0.4) is 0 Å². The van der Waals surface area contributed by atoms with Gasteiger partial charge in [-0.2, -0.15) is 8.42 Å². The zero-order valence-corrected chi connectivity index (χ0v) is 11.1. The van der Waals surface area contributed by atoms with Gasteiger partial charge >= 0.3 is 0 Å². The van der Waals surface area contributed by atoms with E-state index in [1.807, 2.05) is 0 Å². The minimum absolute atomic E-state index is 0.161. The quantitative estimate of drug-likeness (QED) is 0.869. The molecule has 0 atom stereocenters. The van der Waals surface area contributed by atoms with Crippen LogP contribution in [0.15, 0.2) is 63.2 Å². The SMILES string of the molecule is O=S(=O)(O)c1ccccc1S(=O)(=O)c1[c]cccc1. The van der Waals surface area contributed by atoms with Crippen molar-refractivity contribution >= 4 is 20.0 Å². The van der Waals surface area contributed by atoms with Gasteiger partial charge in [-0.3, -0.25) is 4.55 Å². The van der Waals surface area contributed by atoms with E-state index in [-0.39, 0.29) is 4.90 Å². The molecule has 0 heterocycles. The fourth-order valence-corrected chi connectivity index (χ4v) is 4.07. The van der Waals surface area contributed by atoms with Gasteiger partial charge in [-0.15, -0.1) is 0 Å². The van der Waals surface area contributed by atoms with Crippen molar-refractivity contribution in [2.75, 3.05) is 0 Å². The van der Waals surface area contributed by atoms with E-state index >= 15 is 0 Å². The van der Waals surface area contributed by atoms with Crippen molar-refractivity contribution in [2.45, 2.75) is 14.7 Å². The Kier molecular flexibility index (Phi) is 3.44. The number of sulfone groups is 1. The van der Waals surface area contributed by atoms with Crippen molar-refractivity contribution in [3.8, 4) is 0 Å². The van der Waals surface area contributed by atoms with Gasteiger partial charge in [0.25, 0.3) is 10.1 Å². The highest BCUT2D eigenvalue weighted by Crippen LogP contribution is 2.26. The van der Waals surface area contributed by atoms with E-state index in [1.165, 1.54) is 30.3 Å².